The van der Waals surface area contributed by atoms with Gasteiger partial charge in [-0.2, -0.15) is 0 Å². The van der Waals surface area contributed by atoms with Crippen LogP contribution in [0.2, 0.25) is 0 Å². The van der Waals surface area contributed by atoms with Crippen LogP contribution in [0.1, 0.15) is 60.3 Å². The minimum absolute atomic E-state index is 0.0380. The van der Waals surface area contributed by atoms with Gasteiger partial charge in [-0.05, 0) is 33.6 Å². The summed E-state index contributed by atoms with van der Waals surface area (Å²) in [7, 11) is 0. The fourth-order valence-electron chi connectivity index (χ4n) is 1.89. The second-order valence-electron chi connectivity index (χ2n) is 5.14. The van der Waals surface area contributed by atoms with Crippen LogP contribution in [0.4, 0.5) is 0 Å². The Bertz CT molecular complexity index is 202. The molecule has 0 aromatic heterocycles. The molecule has 0 heterocycles. The summed E-state index contributed by atoms with van der Waals surface area (Å²) < 4.78 is 0. The lowest BCUT2D eigenvalue weighted by molar-refractivity contribution is -0.123. The summed E-state index contributed by atoms with van der Waals surface area (Å²) in [5.74, 6) is 0.109. The van der Waals surface area contributed by atoms with Gasteiger partial charge in [0.05, 0.1) is 6.04 Å². The van der Waals surface area contributed by atoms with Gasteiger partial charge in [0.25, 0.3) is 0 Å². The van der Waals surface area contributed by atoms with Crippen LogP contribution in [0.3, 0.4) is 0 Å². The van der Waals surface area contributed by atoms with Crippen LogP contribution in [0.5, 0.6) is 0 Å². The Labute approximate surface area is 100 Å². The SMILES string of the molecule is CCCCNC(=O)C(C)NC(C)(C)CCC. The Morgan fingerprint density at radius 1 is 1.25 bits per heavy atom. The van der Waals surface area contributed by atoms with Gasteiger partial charge in [0.1, 0.15) is 0 Å². The molecular formula is C13H28N2O. The summed E-state index contributed by atoms with van der Waals surface area (Å²) in [6.45, 7) is 11.3. The first kappa shape index (κ1) is 15.4. The van der Waals surface area contributed by atoms with Crippen molar-refractivity contribution in [2.75, 3.05) is 6.54 Å². The summed E-state index contributed by atoms with van der Waals surface area (Å²) in [4.78, 5) is 11.7. The fourth-order valence-corrected chi connectivity index (χ4v) is 1.89. The van der Waals surface area contributed by atoms with E-state index in [2.05, 4.69) is 38.3 Å². The van der Waals surface area contributed by atoms with Gasteiger partial charge in [-0.25, -0.2) is 0 Å². The second-order valence-corrected chi connectivity index (χ2v) is 5.14. The third kappa shape index (κ3) is 6.83. The predicted octanol–water partition coefficient (Wildman–Crippen LogP) is 2.46. The third-order valence-corrected chi connectivity index (χ3v) is 2.71. The smallest absolute Gasteiger partial charge is 0.236 e. The number of unbranched alkanes of at least 4 members (excludes halogenated alkanes) is 1. The van der Waals surface area contributed by atoms with Gasteiger partial charge in [0.15, 0.2) is 0 Å². The number of rotatable bonds is 8. The Hall–Kier alpha value is -0.570. The van der Waals surface area contributed by atoms with E-state index < -0.39 is 0 Å². The predicted molar refractivity (Wildman–Crippen MR) is 69.5 cm³/mol. The molecule has 0 aromatic carbocycles. The molecule has 0 spiro atoms. The van der Waals surface area contributed by atoms with Gasteiger partial charge in [0, 0.05) is 12.1 Å². The van der Waals surface area contributed by atoms with E-state index in [1.165, 1.54) is 0 Å². The molecule has 1 unspecified atom stereocenters. The monoisotopic (exact) mass is 228 g/mol. The largest absolute Gasteiger partial charge is 0.355 e. The minimum atomic E-state index is -0.113. The first-order valence-corrected chi connectivity index (χ1v) is 6.48. The molecule has 2 N–H and O–H groups in total. The van der Waals surface area contributed by atoms with Crippen LogP contribution < -0.4 is 10.6 Å². The topological polar surface area (TPSA) is 41.1 Å². The fraction of sp³-hybridized carbons (Fsp3) is 0.923. The lowest BCUT2D eigenvalue weighted by Crippen LogP contribution is -2.51. The highest BCUT2D eigenvalue weighted by atomic mass is 16.2. The van der Waals surface area contributed by atoms with Crippen LogP contribution in [0.15, 0.2) is 0 Å². The number of hydrogen-bond acceptors (Lipinski definition) is 2. The summed E-state index contributed by atoms with van der Waals surface area (Å²) in [6.07, 6.45) is 4.38. The molecular weight excluding hydrogens is 200 g/mol. The Kier molecular flexibility index (Phi) is 7.39. The summed E-state index contributed by atoms with van der Waals surface area (Å²) in [5, 5.41) is 6.32. The molecule has 0 aliphatic rings. The van der Waals surface area contributed by atoms with Crippen molar-refractivity contribution in [2.45, 2.75) is 71.9 Å². The van der Waals surface area contributed by atoms with Crippen molar-refractivity contribution in [1.29, 1.82) is 0 Å². The van der Waals surface area contributed by atoms with E-state index >= 15 is 0 Å². The molecule has 0 saturated carbocycles. The molecule has 0 aliphatic heterocycles. The molecule has 0 aromatic rings. The highest BCUT2D eigenvalue weighted by Gasteiger charge is 2.22. The average molecular weight is 228 g/mol. The number of hydrogen-bond donors (Lipinski definition) is 2. The number of carbonyl (C=O) groups excluding carboxylic acids is 1. The van der Waals surface area contributed by atoms with Gasteiger partial charge in [-0.15, -0.1) is 0 Å². The zero-order valence-corrected chi connectivity index (χ0v) is 11.5. The maximum Gasteiger partial charge on any atom is 0.236 e. The minimum Gasteiger partial charge on any atom is -0.355 e. The Balaban J connectivity index is 3.94. The van der Waals surface area contributed by atoms with E-state index in [9.17, 15) is 4.79 Å². The van der Waals surface area contributed by atoms with Gasteiger partial charge in [0.2, 0.25) is 5.91 Å². The van der Waals surface area contributed by atoms with Crippen LogP contribution in [0, 0.1) is 0 Å². The van der Waals surface area contributed by atoms with Crippen LogP contribution in [-0.4, -0.2) is 24.0 Å². The van der Waals surface area contributed by atoms with E-state index in [-0.39, 0.29) is 17.5 Å². The highest BCUT2D eigenvalue weighted by molar-refractivity contribution is 5.81. The lowest BCUT2D eigenvalue weighted by Gasteiger charge is -2.29. The molecule has 0 saturated heterocycles. The van der Waals surface area contributed by atoms with E-state index in [0.717, 1.165) is 32.2 Å². The Morgan fingerprint density at radius 2 is 1.88 bits per heavy atom. The third-order valence-electron chi connectivity index (χ3n) is 2.71. The van der Waals surface area contributed by atoms with Crippen molar-refractivity contribution in [3.63, 3.8) is 0 Å². The first-order chi connectivity index (χ1) is 7.43. The van der Waals surface area contributed by atoms with Gasteiger partial charge in [-0.3, -0.25) is 4.79 Å². The standard InChI is InChI=1S/C13H28N2O/c1-6-8-10-14-12(16)11(3)15-13(4,5)9-7-2/h11,15H,6-10H2,1-5H3,(H,14,16). The maximum absolute atomic E-state index is 11.7. The zero-order valence-electron chi connectivity index (χ0n) is 11.5. The molecule has 16 heavy (non-hydrogen) atoms. The average Bonchev–Trinajstić information content (AvgIpc) is 2.16. The molecule has 0 bridgehead atoms. The quantitative estimate of drug-likeness (QED) is 0.627. The second kappa shape index (κ2) is 7.66. The number of amides is 1. The van der Waals surface area contributed by atoms with Crippen molar-refractivity contribution in [2.24, 2.45) is 0 Å². The van der Waals surface area contributed by atoms with Crippen molar-refractivity contribution >= 4 is 5.91 Å². The molecule has 3 nitrogen and oxygen atoms in total. The maximum atomic E-state index is 11.7. The van der Waals surface area contributed by atoms with Crippen LogP contribution >= 0.6 is 0 Å². The number of nitrogens with one attached hydrogen (secondary N) is 2. The van der Waals surface area contributed by atoms with E-state index in [4.69, 9.17) is 0 Å². The van der Waals surface area contributed by atoms with Gasteiger partial charge in [-0.1, -0.05) is 26.7 Å². The van der Waals surface area contributed by atoms with Crippen LogP contribution in [-0.2, 0) is 4.79 Å². The molecule has 0 aliphatic carbocycles. The van der Waals surface area contributed by atoms with Crippen LogP contribution in [0.25, 0.3) is 0 Å². The van der Waals surface area contributed by atoms with Gasteiger partial charge < -0.3 is 10.6 Å². The summed E-state index contributed by atoms with van der Waals surface area (Å²) in [5.41, 5.74) is 0.0380. The summed E-state index contributed by atoms with van der Waals surface area (Å²) >= 11 is 0. The molecule has 96 valence electrons. The normalized spacial score (nSPS) is 13.6. The first-order valence-electron chi connectivity index (χ1n) is 6.48. The Morgan fingerprint density at radius 3 is 2.38 bits per heavy atom. The van der Waals surface area contributed by atoms with E-state index in [1.807, 2.05) is 6.92 Å². The van der Waals surface area contributed by atoms with E-state index in [1.54, 1.807) is 0 Å². The number of carbonyl (C=O) groups is 1. The van der Waals surface area contributed by atoms with Crippen molar-refractivity contribution in [3.8, 4) is 0 Å². The summed E-state index contributed by atoms with van der Waals surface area (Å²) in [6, 6.07) is -0.113. The van der Waals surface area contributed by atoms with E-state index in [0.29, 0.717) is 0 Å². The highest BCUT2D eigenvalue weighted by Crippen LogP contribution is 2.11. The van der Waals surface area contributed by atoms with Gasteiger partial charge >= 0.3 is 0 Å². The molecule has 0 rings (SSSR count). The molecule has 1 amide bonds. The molecule has 0 fully saturated rings. The van der Waals surface area contributed by atoms with Crippen molar-refractivity contribution in [1.82, 2.24) is 10.6 Å². The zero-order chi connectivity index (χ0) is 12.6. The lowest BCUT2D eigenvalue weighted by atomic mass is 9.97. The molecule has 3 heteroatoms. The molecule has 0 radical (unpaired) electrons. The van der Waals surface area contributed by atoms with Crippen molar-refractivity contribution in [3.05, 3.63) is 0 Å². The molecule has 1 atom stereocenters. The van der Waals surface area contributed by atoms with Crippen molar-refractivity contribution < 1.29 is 4.79 Å².